The second kappa shape index (κ2) is 10.1. The molecule has 0 radical (unpaired) electrons. The van der Waals surface area contributed by atoms with Crippen LogP contribution in [0.4, 0.5) is 5.69 Å². The van der Waals surface area contributed by atoms with Gasteiger partial charge in [0.2, 0.25) is 0 Å². The fraction of sp³-hybridized carbons (Fsp3) is 0.647. The van der Waals surface area contributed by atoms with Crippen molar-refractivity contribution >= 4 is 17.4 Å². The van der Waals surface area contributed by atoms with E-state index in [1.165, 1.54) is 43.5 Å². The summed E-state index contributed by atoms with van der Waals surface area (Å²) in [5.41, 5.74) is 7.91. The third kappa shape index (κ3) is 7.21. The second-order valence-electron chi connectivity index (χ2n) is 5.66. The molecule has 0 aromatic heterocycles. The van der Waals surface area contributed by atoms with Crippen molar-refractivity contribution in [1.82, 2.24) is 4.90 Å². The molecule has 0 amide bonds. The predicted octanol–water partition coefficient (Wildman–Crippen LogP) is 3.39. The van der Waals surface area contributed by atoms with Crippen molar-refractivity contribution in [2.45, 2.75) is 31.4 Å². The number of nitrogens with zero attached hydrogens (tertiary/aromatic N) is 1. The molecule has 0 bridgehead atoms. The van der Waals surface area contributed by atoms with E-state index >= 15 is 0 Å². The maximum atomic E-state index is 5.69. The van der Waals surface area contributed by atoms with Gasteiger partial charge in [0, 0.05) is 24.5 Å². The zero-order valence-electron chi connectivity index (χ0n) is 12.9. The molecule has 21 heavy (non-hydrogen) atoms. The van der Waals surface area contributed by atoms with Crippen LogP contribution in [0, 0.1) is 0 Å². The fourth-order valence-corrected chi connectivity index (χ4v) is 3.50. The molecule has 3 nitrogen and oxygen atoms in total. The SMILES string of the molecule is Nc1ccc(CSCCCCCCN2CCOCC2)cc1. The Bertz CT molecular complexity index is 377. The molecule has 0 unspecified atom stereocenters. The lowest BCUT2D eigenvalue weighted by Gasteiger charge is -2.26. The molecule has 0 spiro atoms. The molecule has 118 valence electrons. The number of nitrogens with two attached hydrogens (primary N) is 1. The Morgan fingerprint density at radius 3 is 2.48 bits per heavy atom. The van der Waals surface area contributed by atoms with Crippen molar-refractivity contribution in [1.29, 1.82) is 0 Å². The summed E-state index contributed by atoms with van der Waals surface area (Å²) in [7, 11) is 0. The van der Waals surface area contributed by atoms with Crippen molar-refractivity contribution in [3.8, 4) is 0 Å². The Labute approximate surface area is 133 Å². The summed E-state index contributed by atoms with van der Waals surface area (Å²) >= 11 is 2.03. The van der Waals surface area contributed by atoms with Crippen LogP contribution in [0.25, 0.3) is 0 Å². The highest BCUT2D eigenvalue weighted by atomic mass is 32.2. The summed E-state index contributed by atoms with van der Waals surface area (Å²) in [5.74, 6) is 2.37. The molecular formula is C17H28N2OS. The zero-order chi connectivity index (χ0) is 14.8. The monoisotopic (exact) mass is 308 g/mol. The quantitative estimate of drug-likeness (QED) is 0.560. The van der Waals surface area contributed by atoms with Crippen LogP contribution in [0.15, 0.2) is 24.3 Å². The van der Waals surface area contributed by atoms with Gasteiger partial charge in [-0.3, -0.25) is 4.90 Å². The van der Waals surface area contributed by atoms with Gasteiger partial charge in [-0.15, -0.1) is 0 Å². The van der Waals surface area contributed by atoms with Crippen LogP contribution in [0.1, 0.15) is 31.2 Å². The van der Waals surface area contributed by atoms with Crippen LogP contribution < -0.4 is 5.73 Å². The number of morpholine rings is 1. The molecule has 0 atom stereocenters. The molecule has 0 saturated carbocycles. The van der Waals surface area contributed by atoms with Crippen LogP contribution in [0.3, 0.4) is 0 Å². The molecule has 1 aliphatic rings. The van der Waals surface area contributed by atoms with E-state index in [0.717, 1.165) is 37.7 Å². The number of nitrogen functional groups attached to an aromatic ring is 1. The van der Waals surface area contributed by atoms with Crippen molar-refractivity contribution < 1.29 is 4.74 Å². The highest BCUT2D eigenvalue weighted by Gasteiger charge is 2.08. The maximum Gasteiger partial charge on any atom is 0.0594 e. The van der Waals surface area contributed by atoms with Gasteiger partial charge in [-0.25, -0.2) is 0 Å². The van der Waals surface area contributed by atoms with Crippen molar-refractivity contribution in [2.24, 2.45) is 0 Å². The first-order valence-electron chi connectivity index (χ1n) is 8.07. The van der Waals surface area contributed by atoms with E-state index in [2.05, 4.69) is 17.0 Å². The number of benzene rings is 1. The molecule has 2 rings (SSSR count). The lowest BCUT2D eigenvalue weighted by molar-refractivity contribution is 0.0371. The highest BCUT2D eigenvalue weighted by molar-refractivity contribution is 7.98. The van der Waals surface area contributed by atoms with Crippen molar-refractivity contribution in [3.05, 3.63) is 29.8 Å². The van der Waals surface area contributed by atoms with Gasteiger partial charge in [0.25, 0.3) is 0 Å². The topological polar surface area (TPSA) is 38.5 Å². The van der Waals surface area contributed by atoms with E-state index in [1.54, 1.807) is 0 Å². The lowest BCUT2D eigenvalue weighted by Crippen LogP contribution is -2.36. The highest BCUT2D eigenvalue weighted by Crippen LogP contribution is 2.16. The van der Waals surface area contributed by atoms with E-state index < -0.39 is 0 Å². The number of hydrogen-bond donors (Lipinski definition) is 1. The van der Waals surface area contributed by atoms with Crippen LogP contribution in [0.5, 0.6) is 0 Å². The van der Waals surface area contributed by atoms with Crippen LogP contribution in [0.2, 0.25) is 0 Å². The number of anilines is 1. The summed E-state index contributed by atoms with van der Waals surface area (Å²) in [6.45, 7) is 5.33. The number of rotatable bonds is 9. The predicted molar refractivity (Wildman–Crippen MR) is 92.7 cm³/mol. The van der Waals surface area contributed by atoms with Gasteiger partial charge >= 0.3 is 0 Å². The van der Waals surface area contributed by atoms with E-state index in [9.17, 15) is 0 Å². The number of unbranched alkanes of at least 4 members (excludes halogenated alkanes) is 3. The Hall–Kier alpha value is -0.710. The Morgan fingerprint density at radius 1 is 1.00 bits per heavy atom. The standard InChI is InChI=1S/C17H28N2OS/c18-17-7-5-16(6-8-17)15-21-14-4-2-1-3-9-19-10-12-20-13-11-19/h5-8H,1-4,9-15,18H2. The van der Waals surface area contributed by atoms with Crippen LogP contribution in [-0.2, 0) is 10.5 Å². The van der Waals surface area contributed by atoms with Crippen molar-refractivity contribution in [3.63, 3.8) is 0 Å². The molecule has 1 fully saturated rings. The van der Waals surface area contributed by atoms with Crippen molar-refractivity contribution in [2.75, 3.05) is 44.3 Å². The van der Waals surface area contributed by atoms with E-state index in [-0.39, 0.29) is 0 Å². The number of hydrogen-bond acceptors (Lipinski definition) is 4. The first-order valence-corrected chi connectivity index (χ1v) is 9.22. The van der Waals surface area contributed by atoms with Gasteiger partial charge < -0.3 is 10.5 Å². The second-order valence-corrected chi connectivity index (χ2v) is 6.77. The normalized spacial score (nSPS) is 16.2. The fourth-order valence-electron chi connectivity index (χ4n) is 2.52. The van der Waals surface area contributed by atoms with E-state index in [1.807, 2.05) is 23.9 Å². The van der Waals surface area contributed by atoms with Crippen LogP contribution in [-0.4, -0.2) is 43.5 Å². The summed E-state index contributed by atoms with van der Waals surface area (Å²) in [5, 5.41) is 0. The summed E-state index contributed by atoms with van der Waals surface area (Å²) in [6, 6.07) is 8.23. The average molecular weight is 308 g/mol. The van der Waals surface area contributed by atoms with Gasteiger partial charge in [0.05, 0.1) is 13.2 Å². The molecule has 1 aromatic carbocycles. The van der Waals surface area contributed by atoms with Gasteiger partial charge in [-0.2, -0.15) is 11.8 Å². The number of thioether (sulfide) groups is 1. The Morgan fingerprint density at radius 2 is 1.71 bits per heavy atom. The minimum absolute atomic E-state index is 0.851. The maximum absolute atomic E-state index is 5.69. The van der Waals surface area contributed by atoms with Gasteiger partial charge in [0.1, 0.15) is 0 Å². The van der Waals surface area contributed by atoms with Gasteiger partial charge in [0.15, 0.2) is 0 Å². The zero-order valence-corrected chi connectivity index (χ0v) is 13.7. The minimum Gasteiger partial charge on any atom is -0.399 e. The van der Waals surface area contributed by atoms with E-state index in [0.29, 0.717) is 0 Å². The smallest absolute Gasteiger partial charge is 0.0594 e. The molecule has 1 saturated heterocycles. The largest absolute Gasteiger partial charge is 0.399 e. The molecule has 1 heterocycles. The first kappa shape index (κ1) is 16.7. The summed E-state index contributed by atoms with van der Waals surface area (Å²) in [4.78, 5) is 2.53. The third-order valence-corrected chi connectivity index (χ3v) is 4.98. The lowest BCUT2D eigenvalue weighted by atomic mass is 10.2. The third-order valence-electron chi connectivity index (χ3n) is 3.87. The molecular weight excluding hydrogens is 280 g/mol. The summed E-state index contributed by atoms with van der Waals surface area (Å²) in [6.07, 6.45) is 5.39. The summed E-state index contributed by atoms with van der Waals surface area (Å²) < 4.78 is 5.36. The minimum atomic E-state index is 0.851. The molecule has 2 N–H and O–H groups in total. The van der Waals surface area contributed by atoms with Crippen LogP contribution >= 0.6 is 11.8 Å². The molecule has 0 aliphatic carbocycles. The molecule has 1 aromatic rings. The number of ether oxygens (including phenoxy) is 1. The van der Waals surface area contributed by atoms with Gasteiger partial charge in [-0.1, -0.05) is 25.0 Å². The Balaban J connectivity index is 1.40. The average Bonchev–Trinajstić information content (AvgIpc) is 2.53. The molecule has 1 aliphatic heterocycles. The first-order chi connectivity index (χ1) is 10.3. The Kier molecular flexibility index (Phi) is 8.00. The van der Waals surface area contributed by atoms with Gasteiger partial charge in [-0.05, 0) is 42.8 Å². The molecule has 4 heteroatoms. The van der Waals surface area contributed by atoms with E-state index in [4.69, 9.17) is 10.5 Å².